The zero-order chi connectivity index (χ0) is 17.2. The van der Waals surface area contributed by atoms with E-state index in [9.17, 15) is 8.42 Å². The summed E-state index contributed by atoms with van der Waals surface area (Å²) < 4.78 is 27.6. The Bertz CT molecular complexity index is 783. The number of hydrogen-bond acceptors (Lipinski definition) is 3. The van der Waals surface area contributed by atoms with Crippen LogP contribution in [0.3, 0.4) is 0 Å². The topological polar surface area (TPSA) is 40.6 Å². The molecule has 0 atom stereocenters. The summed E-state index contributed by atoms with van der Waals surface area (Å²) in [5.74, 6) is -0.00927. The van der Waals surface area contributed by atoms with Gasteiger partial charge in [0.2, 0.25) is 10.0 Å². The van der Waals surface area contributed by atoms with Gasteiger partial charge in [-0.1, -0.05) is 28.1 Å². The van der Waals surface area contributed by atoms with Crippen LogP contribution in [0.1, 0.15) is 18.4 Å². The molecular formula is C18H21BrN2O2S. The van der Waals surface area contributed by atoms with E-state index in [0.29, 0.717) is 5.69 Å². The van der Waals surface area contributed by atoms with Crippen molar-refractivity contribution in [1.29, 1.82) is 0 Å². The Hall–Kier alpha value is -1.53. The van der Waals surface area contributed by atoms with Gasteiger partial charge in [0.15, 0.2) is 0 Å². The molecule has 0 saturated carbocycles. The molecule has 0 spiro atoms. The van der Waals surface area contributed by atoms with E-state index >= 15 is 0 Å². The van der Waals surface area contributed by atoms with E-state index in [1.54, 1.807) is 7.05 Å². The van der Waals surface area contributed by atoms with Crippen LogP contribution in [0, 0.1) is 0 Å². The first-order valence-electron chi connectivity index (χ1n) is 8.02. The van der Waals surface area contributed by atoms with Crippen LogP contribution >= 0.6 is 15.9 Å². The lowest BCUT2D eigenvalue weighted by molar-refractivity contribution is 0.593. The van der Waals surface area contributed by atoms with Gasteiger partial charge in [0.25, 0.3) is 0 Å². The maximum atomic E-state index is 12.6. The summed E-state index contributed by atoms with van der Waals surface area (Å²) >= 11 is 3.36. The third kappa shape index (κ3) is 3.92. The SMILES string of the molecule is CN(c1ccc(N2CCCC2)cc1)S(=O)(=O)Cc1ccc(Br)cc1. The van der Waals surface area contributed by atoms with E-state index in [0.717, 1.165) is 28.8 Å². The lowest BCUT2D eigenvalue weighted by atomic mass is 10.2. The smallest absolute Gasteiger partial charge is 0.239 e. The predicted octanol–water partition coefficient (Wildman–Crippen LogP) is 4.02. The molecule has 0 aromatic heterocycles. The summed E-state index contributed by atoms with van der Waals surface area (Å²) in [4.78, 5) is 2.33. The fraction of sp³-hybridized carbons (Fsp3) is 0.333. The van der Waals surface area contributed by atoms with Gasteiger partial charge < -0.3 is 4.90 Å². The number of benzene rings is 2. The Balaban J connectivity index is 1.74. The molecule has 128 valence electrons. The fourth-order valence-electron chi connectivity index (χ4n) is 2.90. The molecule has 1 fully saturated rings. The second-order valence-corrected chi connectivity index (χ2v) is 8.98. The Kier molecular flexibility index (Phi) is 5.15. The summed E-state index contributed by atoms with van der Waals surface area (Å²) in [6, 6.07) is 15.1. The molecule has 1 heterocycles. The molecule has 2 aromatic rings. The molecule has 24 heavy (non-hydrogen) atoms. The number of anilines is 2. The molecule has 0 aliphatic carbocycles. The average molecular weight is 409 g/mol. The molecule has 1 saturated heterocycles. The van der Waals surface area contributed by atoms with E-state index in [1.807, 2.05) is 48.5 Å². The van der Waals surface area contributed by atoms with Crippen LogP contribution in [0.25, 0.3) is 0 Å². The van der Waals surface area contributed by atoms with Crippen LogP contribution in [0.2, 0.25) is 0 Å². The highest BCUT2D eigenvalue weighted by Gasteiger charge is 2.20. The summed E-state index contributed by atoms with van der Waals surface area (Å²) in [7, 11) is -1.80. The van der Waals surface area contributed by atoms with E-state index < -0.39 is 10.0 Å². The third-order valence-electron chi connectivity index (χ3n) is 4.36. The molecule has 2 aromatic carbocycles. The van der Waals surface area contributed by atoms with Gasteiger partial charge in [-0.15, -0.1) is 0 Å². The van der Waals surface area contributed by atoms with Crippen molar-refractivity contribution in [2.24, 2.45) is 0 Å². The zero-order valence-corrected chi connectivity index (χ0v) is 16.1. The molecule has 0 unspecified atom stereocenters. The highest BCUT2D eigenvalue weighted by molar-refractivity contribution is 9.10. The lowest BCUT2D eigenvalue weighted by Gasteiger charge is -2.22. The van der Waals surface area contributed by atoms with Gasteiger partial charge in [-0.2, -0.15) is 0 Å². The van der Waals surface area contributed by atoms with Crippen molar-refractivity contribution in [2.75, 3.05) is 29.3 Å². The van der Waals surface area contributed by atoms with Crippen LogP contribution in [0.15, 0.2) is 53.0 Å². The van der Waals surface area contributed by atoms with Crippen LogP contribution in [-0.2, 0) is 15.8 Å². The first-order valence-corrected chi connectivity index (χ1v) is 10.4. The van der Waals surface area contributed by atoms with Gasteiger partial charge >= 0.3 is 0 Å². The van der Waals surface area contributed by atoms with Crippen molar-refractivity contribution in [1.82, 2.24) is 0 Å². The molecule has 1 aliphatic rings. The largest absolute Gasteiger partial charge is 0.372 e. The van der Waals surface area contributed by atoms with Crippen molar-refractivity contribution in [3.63, 3.8) is 0 Å². The van der Waals surface area contributed by atoms with Crippen molar-refractivity contribution >= 4 is 37.3 Å². The normalized spacial score (nSPS) is 14.8. The zero-order valence-electron chi connectivity index (χ0n) is 13.7. The van der Waals surface area contributed by atoms with Crippen molar-refractivity contribution < 1.29 is 8.42 Å². The second kappa shape index (κ2) is 7.15. The molecule has 0 radical (unpaired) electrons. The number of rotatable bonds is 5. The first-order chi connectivity index (χ1) is 11.5. The van der Waals surface area contributed by atoms with Gasteiger partial charge in [0.1, 0.15) is 0 Å². The van der Waals surface area contributed by atoms with Gasteiger partial charge in [-0.05, 0) is 54.8 Å². The van der Waals surface area contributed by atoms with Crippen LogP contribution < -0.4 is 9.21 Å². The van der Waals surface area contributed by atoms with Crippen LogP contribution in [-0.4, -0.2) is 28.6 Å². The Morgan fingerprint density at radius 1 is 1.00 bits per heavy atom. The lowest BCUT2D eigenvalue weighted by Crippen LogP contribution is -2.28. The number of halogens is 1. The number of nitrogens with zero attached hydrogens (tertiary/aromatic N) is 2. The van der Waals surface area contributed by atoms with Crippen molar-refractivity contribution in [3.05, 3.63) is 58.6 Å². The highest BCUT2D eigenvalue weighted by atomic mass is 79.9. The fourth-order valence-corrected chi connectivity index (χ4v) is 4.41. The van der Waals surface area contributed by atoms with Gasteiger partial charge in [-0.25, -0.2) is 8.42 Å². The maximum Gasteiger partial charge on any atom is 0.239 e. The molecule has 1 aliphatic heterocycles. The van der Waals surface area contributed by atoms with Crippen molar-refractivity contribution in [2.45, 2.75) is 18.6 Å². The molecule has 0 amide bonds. The number of hydrogen-bond donors (Lipinski definition) is 0. The van der Waals surface area contributed by atoms with Crippen molar-refractivity contribution in [3.8, 4) is 0 Å². The predicted molar refractivity (Wildman–Crippen MR) is 103 cm³/mol. The van der Waals surface area contributed by atoms with Crippen LogP contribution in [0.4, 0.5) is 11.4 Å². The van der Waals surface area contributed by atoms with E-state index in [4.69, 9.17) is 0 Å². The maximum absolute atomic E-state index is 12.6. The first kappa shape index (κ1) is 17.3. The highest BCUT2D eigenvalue weighted by Crippen LogP contribution is 2.25. The second-order valence-electron chi connectivity index (χ2n) is 6.06. The molecule has 0 N–H and O–H groups in total. The molecule has 3 rings (SSSR count). The number of sulfonamides is 1. The van der Waals surface area contributed by atoms with E-state index in [-0.39, 0.29) is 5.75 Å². The average Bonchev–Trinajstić information content (AvgIpc) is 3.11. The van der Waals surface area contributed by atoms with Gasteiger partial charge in [-0.3, -0.25) is 4.31 Å². The minimum atomic E-state index is -3.41. The van der Waals surface area contributed by atoms with Crippen LogP contribution in [0.5, 0.6) is 0 Å². The van der Waals surface area contributed by atoms with Gasteiger partial charge in [0, 0.05) is 30.3 Å². The standard InChI is InChI=1S/C18H21BrN2O2S/c1-20(24(22,23)14-15-4-6-16(19)7-5-15)17-8-10-18(11-9-17)21-12-2-3-13-21/h4-11H,2-3,12-14H2,1H3. The summed E-state index contributed by atoms with van der Waals surface area (Å²) in [6.45, 7) is 2.16. The molecule has 6 heteroatoms. The third-order valence-corrected chi connectivity index (χ3v) is 6.64. The molecule has 4 nitrogen and oxygen atoms in total. The Labute approximate surface area is 152 Å². The summed E-state index contributed by atoms with van der Waals surface area (Å²) in [6.07, 6.45) is 2.45. The van der Waals surface area contributed by atoms with E-state index in [1.165, 1.54) is 17.1 Å². The summed E-state index contributed by atoms with van der Waals surface area (Å²) in [5.41, 5.74) is 2.63. The molecular weight excluding hydrogens is 388 g/mol. The van der Waals surface area contributed by atoms with Gasteiger partial charge in [0.05, 0.1) is 11.4 Å². The minimum absolute atomic E-state index is 0.00927. The quantitative estimate of drug-likeness (QED) is 0.749. The monoisotopic (exact) mass is 408 g/mol. The summed E-state index contributed by atoms with van der Waals surface area (Å²) in [5, 5.41) is 0. The van der Waals surface area contributed by atoms with E-state index in [2.05, 4.69) is 20.8 Å². The Morgan fingerprint density at radius 2 is 1.58 bits per heavy atom. The molecule has 0 bridgehead atoms. The minimum Gasteiger partial charge on any atom is -0.372 e. The Morgan fingerprint density at radius 3 is 2.17 bits per heavy atom.